The van der Waals surface area contributed by atoms with E-state index in [1.165, 1.54) is 0 Å². The highest BCUT2D eigenvalue weighted by Gasteiger charge is 2.36. The molecule has 4 heteroatoms. The van der Waals surface area contributed by atoms with E-state index >= 15 is 0 Å². The molecule has 0 radical (unpaired) electrons. The van der Waals surface area contributed by atoms with Crippen LogP contribution < -0.4 is 0 Å². The molecule has 0 bridgehead atoms. The number of carbonyl (C=O) groups excluding carboxylic acids is 1. The fourth-order valence-corrected chi connectivity index (χ4v) is 1.51. The summed E-state index contributed by atoms with van der Waals surface area (Å²) in [7, 11) is 3.62. The van der Waals surface area contributed by atoms with Crippen LogP contribution in [0.4, 0.5) is 0 Å². The second-order valence-corrected chi connectivity index (χ2v) is 3.74. The van der Waals surface area contributed by atoms with Crippen molar-refractivity contribution in [3.05, 3.63) is 0 Å². The minimum atomic E-state index is -1.22. The number of rotatable bonds is 0. The van der Waals surface area contributed by atoms with Gasteiger partial charge in [0.1, 0.15) is 0 Å². The Hall–Kier alpha value is -0.610. The zero-order valence-corrected chi connectivity index (χ0v) is 7.87. The van der Waals surface area contributed by atoms with E-state index in [1.807, 2.05) is 11.9 Å². The van der Waals surface area contributed by atoms with Gasteiger partial charge in [0.15, 0.2) is 5.60 Å². The Bertz CT molecular complexity index is 191. The fraction of sp³-hybridized carbons (Fsp3) is 0.875. The van der Waals surface area contributed by atoms with Crippen LogP contribution in [0.25, 0.3) is 0 Å². The molecule has 1 heterocycles. The van der Waals surface area contributed by atoms with Crippen molar-refractivity contribution in [1.29, 1.82) is 0 Å². The van der Waals surface area contributed by atoms with Gasteiger partial charge in [0.25, 0.3) is 5.91 Å². The molecule has 70 valence electrons. The van der Waals surface area contributed by atoms with Gasteiger partial charge in [0.05, 0.1) is 0 Å². The predicted molar refractivity (Wildman–Crippen MR) is 45.8 cm³/mol. The van der Waals surface area contributed by atoms with Crippen LogP contribution in [0.1, 0.15) is 6.92 Å². The quantitative estimate of drug-likeness (QED) is 0.517. The first-order valence-electron chi connectivity index (χ1n) is 4.10. The lowest BCUT2D eigenvalue weighted by atomic mass is 10.1. The summed E-state index contributed by atoms with van der Waals surface area (Å²) in [5.74, 6) is -0.188. The van der Waals surface area contributed by atoms with Crippen LogP contribution in [0, 0.1) is 0 Å². The Morgan fingerprint density at radius 1 is 1.42 bits per heavy atom. The summed E-state index contributed by atoms with van der Waals surface area (Å²) in [4.78, 5) is 15.0. The molecule has 12 heavy (non-hydrogen) atoms. The molecule has 1 rings (SSSR count). The second kappa shape index (κ2) is 3.03. The Kier molecular flexibility index (Phi) is 2.39. The number of amides is 1. The van der Waals surface area contributed by atoms with Crippen molar-refractivity contribution in [1.82, 2.24) is 9.80 Å². The van der Waals surface area contributed by atoms with E-state index in [1.54, 1.807) is 18.9 Å². The normalized spacial score (nSPS) is 33.7. The molecular formula is C8H16N2O2. The lowest BCUT2D eigenvalue weighted by Gasteiger charge is -2.25. The van der Waals surface area contributed by atoms with Crippen LogP contribution in [0.15, 0.2) is 0 Å². The number of carbonyl (C=O) groups is 1. The first-order valence-corrected chi connectivity index (χ1v) is 4.10. The number of likely N-dealkylation sites (N-methyl/N-ethyl adjacent to an activating group) is 2. The number of hydrogen-bond acceptors (Lipinski definition) is 3. The highest BCUT2D eigenvalue weighted by molar-refractivity contribution is 5.84. The molecule has 0 spiro atoms. The van der Waals surface area contributed by atoms with E-state index in [0.29, 0.717) is 13.1 Å². The monoisotopic (exact) mass is 172 g/mol. The van der Waals surface area contributed by atoms with Gasteiger partial charge in [0.2, 0.25) is 0 Å². The number of aliphatic hydroxyl groups is 1. The third-order valence-electron chi connectivity index (χ3n) is 2.20. The van der Waals surface area contributed by atoms with Gasteiger partial charge in [-0.15, -0.1) is 0 Å². The Morgan fingerprint density at radius 3 is 2.58 bits per heavy atom. The average Bonchev–Trinajstić information content (AvgIpc) is 2.03. The lowest BCUT2D eigenvalue weighted by molar-refractivity contribution is -0.146. The van der Waals surface area contributed by atoms with Gasteiger partial charge < -0.3 is 14.9 Å². The Balaban J connectivity index is 2.79. The van der Waals surface area contributed by atoms with Crippen molar-refractivity contribution in [2.75, 3.05) is 33.7 Å². The van der Waals surface area contributed by atoms with Gasteiger partial charge in [-0.3, -0.25) is 4.79 Å². The largest absolute Gasteiger partial charge is 0.379 e. The molecular weight excluding hydrogens is 156 g/mol. The van der Waals surface area contributed by atoms with Crippen LogP contribution in [0.3, 0.4) is 0 Å². The first kappa shape index (κ1) is 9.48. The highest BCUT2D eigenvalue weighted by Crippen LogP contribution is 2.12. The molecule has 1 unspecified atom stereocenters. The predicted octanol–water partition coefficient (Wildman–Crippen LogP) is -0.859. The zero-order chi connectivity index (χ0) is 9.35. The smallest absolute Gasteiger partial charge is 0.255 e. The molecule has 1 N–H and O–H groups in total. The molecule has 1 saturated heterocycles. The SMILES string of the molecule is CN1CCN(C)C(=O)C(C)(O)C1. The Labute approximate surface area is 72.8 Å². The maximum atomic E-state index is 11.5. The van der Waals surface area contributed by atoms with E-state index in [4.69, 9.17) is 0 Å². The molecule has 0 saturated carbocycles. The minimum absolute atomic E-state index is 0.188. The fourth-order valence-electron chi connectivity index (χ4n) is 1.51. The van der Waals surface area contributed by atoms with Gasteiger partial charge in [-0.2, -0.15) is 0 Å². The topological polar surface area (TPSA) is 43.8 Å². The van der Waals surface area contributed by atoms with Crippen LogP contribution in [0.5, 0.6) is 0 Å². The molecule has 1 amide bonds. The maximum absolute atomic E-state index is 11.5. The van der Waals surface area contributed by atoms with Crippen LogP contribution in [-0.2, 0) is 4.79 Å². The van der Waals surface area contributed by atoms with Crippen LogP contribution in [0.2, 0.25) is 0 Å². The first-order chi connectivity index (χ1) is 5.43. The molecule has 1 aliphatic rings. The zero-order valence-electron chi connectivity index (χ0n) is 7.87. The van der Waals surface area contributed by atoms with Crippen molar-refractivity contribution < 1.29 is 9.90 Å². The van der Waals surface area contributed by atoms with Crippen molar-refractivity contribution >= 4 is 5.91 Å². The summed E-state index contributed by atoms with van der Waals surface area (Å²) >= 11 is 0. The maximum Gasteiger partial charge on any atom is 0.255 e. The summed E-state index contributed by atoms with van der Waals surface area (Å²) in [6.07, 6.45) is 0. The summed E-state index contributed by atoms with van der Waals surface area (Å²) in [6.45, 7) is 3.48. The van der Waals surface area contributed by atoms with Gasteiger partial charge >= 0.3 is 0 Å². The second-order valence-electron chi connectivity index (χ2n) is 3.74. The van der Waals surface area contributed by atoms with Crippen molar-refractivity contribution in [2.24, 2.45) is 0 Å². The minimum Gasteiger partial charge on any atom is -0.379 e. The summed E-state index contributed by atoms with van der Waals surface area (Å²) in [5, 5.41) is 9.73. The molecule has 0 aromatic rings. The molecule has 4 nitrogen and oxygen atoms in total. The summed E-state index contributed by atoms with van der Waals surface area (Å²) < 4.78 is 0. The number of hydrogen-bond donors (Lipinski definition) is 1. The average molecular weight is 172 g/mol. The molecule has 1 fully saturated rings. The third kappa shape index (κ3) is 1.76. The Morgan fingerprint density at radius 2 is 2.00 bits per heavy atom. The van der Waals surface area contributed by atoms with Crippen molar-refractivity contribution in [2.45, 2.75) is 12.5 Å². The van der Waals surface area contributed by atoms with Crippen molar-refractivity contribution in [3.8, 4) is 0 Å². The highest BCUT2D eigenvalue weighted by atomic mass is 16.3. The standard InChI is InChI=1S/C8H16N2O2/c1-8(12)6-9(2)4-5-10(3)7(8)11/h12H,4-6H2,1-3H3. The number of nitrogens with zero attached hydrogens (tertiary/aromatic N) is 2. The van der Waals surface area contributed by atoms with E-state index < -0.39 is 5.60 Å². The molecule has 0 aliphatic carbocycles. The summed E-state index contributed by atoms with van der Waals surface area (Å²) in [6, 6.07) is 0. The molecule has 1 aliphatic heterocycles. The van der Waals surface area contributed by atoms with Gasteiger partial charge in [-0.05, 0) is 14.0 Å². The van der Waals surface area contributed by atoms with Crippen LogP contribution in [-0.4, -0.2) is 60.1 Å². The van der Waals surface area contributed by atoms with E-state index in [0.717, 1.165) is 6.54 Å². The van der Waals surface area contributed by atoms with E-state index in [-0.39, 0.29) is 5.91 Å². The van der Waals surface area contributed by atoms with Gasteiger partial charge in [0, 0.05) is 26.7 Å². The molecule has 1 atom stereocenters. The van der Waals surface area contributed by atoms with Gasteiger partial charge in [-0.25, -0.2) is 0 Å². The third-order valence-corrected chi connectivity index (χ3v) is 2.20. The van der Waals surface area contributed by atoms with E-state index in [9.17, 15) is 9.90 Å². The molecule has 0 aromatic heterocycles. The lowest BCUT2D eigenvalue weighted by Crippen LogP contribution is -2.47. The van der Waals surface area contributed by atoms with Crippen molar-refractivity contribution in [3.63, 3.8) is 0 Å². The summed E-state index contributed by atoms with van der Waals surface area (Å²) in [5.41, 5.74) is -1.22. The molecule has 0 aromatic carbocycles. The van der Waals surface area contributed by atoms with Crippen LogP contribution >= 0.6 is 0 Å². The van der Waals surface area contributed by atoms with Gasteiger partial charge in [-0.1, -0.05) is 0 Å². The number of β-amino-alcohol motifs (C(OH)–C–C–N with tert-alkyl or cyclic N) is 1. The van der Waals surface area contributed by atoms with E-state index in [2.05, 4.69) is 0 Å².